The fourth-order valence-corrected chi connectivity index (χ4v) is 6.41. The minimum absolute atomic E-state index is 0.0984. The second kappa shape index (κ2) is 9.61. The van der Waals surface area contributed by atoms with Gasteiger partial charge >= 0.3 is 0 Å². The van der Waals surface area contributed by atoms with E-state index in [1.54, 1.807) is 12.1 Å². The zero-order chi connectivity index (χ0) is 23.8. The number of aromatic nitrogens is 2. The van der Waals surface area contributed by atoms with Crippen molar-refractivity contribution in [2.75, 3.05) is 31.1 Å². The Morgan fingerprint density at radius 1 is 1.18 bits per heavy atom. The Balaban J connectivity index is 1.38. The second-order valence-electron chi connectivity index (χ2n) is 9.92. The number of hydrogen-bond acceptors (Lipinski definition) is 5. The van der Waals surface area contributed by atoms with Crippen LogP contribution in [0.4, 0.5) is 10.2 Å². The zero-order valence-electron chi connectivity index (χ0n) is 20.3. The number of nitrogens with zero attached hydrogens (tertiary/aromatic N) is 4. The van der Waals surface area contributed by atoms with E-state index in [2.05, 4.69) is 25.7 Å². The Bertz CT molecular complexity index is 1180. The Hall–Kier alpha value is -2.54. The molecular formula is C27H33FN4OS. The molecule has 3 aromatic rings. The smallest absolute Gasteiger partial charge is 0.227 e. The molecular weight excluding hydrogens is 447 g/mol. The number of piperazine rings is 1. The molecule has 1 fully saturated rings. The molecule has 1 aromatic carbocycles. The van der Waals surface area contributed by atoms with Crippen LogP contribution in [0.15, 0.2) is 24.3 Å². The lowest BCUT2D eigenvalue weighted by molar-refractivity contribution is -0.130. The molecule has 5 rings (SSSR count). The Morgan fingerprint density at radius 3 is 2.62 bits per heavy atom. The number of carbonyl (C=O) groups is 1. The third kappa shape index (κ3) is 4.54. The molecule has 3 heterocycles. The highest BCUT2D eigenvalue weighted by molar-refractivity contribution is 7.19. The summed E-state index contributed by atoms with van der Waals surface area (Å²) in [5, 5.41) is 1.25. The molecule has 2 aliphatic rings. The van der Waals surface area contributed by atoms with Crippen molar-refractivity contribution in [3.05, 3.63) is 51.9 Å². The van der Waals surface area contributed by atoms with Crippen molar-refractivity contribution < 1.29 is 9.18 Å². The number of thiophene rings is 1. The molecule has 0 spiro atoms. The van der Waals surface area contributed by atoms with Crippen LogP contribution in [-0.4, -0.2) is 47.0 Å². The van der Waals surface area contributed by atoms with Gasteiger partial charge in [0.25, 0.3) is 0 Å². The molecule has 0 unspecified atom stereocenters. The van der Waals surface area contributed by atoms with Crippen molar-refractivity contribution in [1.29, 1.82) is 0 Å². The molecule has 1 amide bonds. The molecule has 1 aliphatic heterocycles. The average Bonchev–Trinajstić information content (AvgIpc) is 3.21. The number of rotatable bonds is 5. The molecule has 1 saturated heterocycles. The summed E-state index contributed by atoms with van der Waals surface area (Å²) in [5.74, 6) is 2.87. The first-order valence-electron chi connectivity index (χ1n) is 12.5. The summed E-state index contributed by atoms with van der Waals surface area (Å²) in [5.41, 5.74) is 2.31. The topological polar surface area (TPSA) is 49.3 Å². The van der Waals surface area contributed by atoms with Crippen LogP contribution in [0, 0.1) is 11.7 Å². The fourth-order valence-electron chi connectivity index (χ4n) is 5.03. The monoisotopic (exact) mass is 480 g/mol. The number of anilines is 1. The van der Waals surface area contributed by atoms with E-state index >= 15 is 0 Å². The van der Waals surface area contributed by atoms with Crippen LogP contribution < -0.4 is 4.90 Å². The number of benzene rings is 1. The maximum absolute atomic E-state index is 13.2. The summed E-state index contributed by atoms with van der Waals surface area (Å²) >= 11 is 1.86. The van der Waals surface area contributed by atoms with Crippen molar-refractivity contribution in [3.8, 4) is 0 Å². The van der Waals surface area contributed by atoms with Gasteiger partial charge in [-0.3, -0.25) is 4.79 Å². The lowest BCUT2D eigenvalue weighted by Crippen LogP contribution is -2.49. The molecule has 2 atom stereocenters. The van der Waals surface area contributed by atoms with E-state index in [0.29, 0.717) is 25.4 Å². The normalized spacial score (nSPS) is 19.4. The van der Waals surface area contributed by atoms with E-state index in [4.69, 9.17) is 9.97 Å². The summed E-state index contributed by atoms with van der Waals surface area (Å²) in [6.07, 6.45) is 4.79. The number of halogens is 1. The van der Waals surface area contributed by atoms with Crippen LogP contribution in [0.25, 0.3) is 10.2 Å². The average molecular weight is 481 g/mol. The molecule has 34 heavy (non-hydrogen) atoms. The fraction of sp³-hybridized carbons (Fsp3) is 0.519. The predicted octanol–water partition coefficient (Wildman–Crippen LogP) is 5.36. The summed E-state index contributed by atoms with van der Waals surface area (Å²) in [4.78, 5) is 29.9. The molecule has 2 aromatic heterocycles. The van der Waals surface area contributed by atoms with Crippen molar-refractivity contribution in [2.45, 2.75) is 58.8 Å². The summed E-state index contributed by atoms with van der Waals surface area (Å²) in [6.45, 7) is 9.61. The third-order valence-electron chi connectivity index (χ3n) is 7.41. The van der Waals surface area contributed by atoms with Crippen LogP contribution in [0.2, 0.25) is 0 Å². The highest BCUT2D eigenvalue weighted by Crippen LogP contribution is 2.41. The first-order chi connectivity index (χ1) is 16.4. The Labute approximate surface area is 205 Å². The van der Waals surface area contributed by atoms with Gasteiger partial charge in [0, 0.05) is 37.0 Å². The summed E-state index contributed by atoms with van der Waals surface area (Å²) < 4.78 is 13.2. The van der Waals surface area contributed by atoms with Gasteiger partial charge in [-0.15, -0.1) is 11.3 Å². The lowest BCUT2D eigenvalue weighted by Gasteiger charge is -2.36. The van der Waals surface area contributed by atoms with Gasteiger partial charge < -0.3 is 9.80 Å². The van der Waals surface area contributed by atoms with E-state index < -0.39 is 0 Å². The second-order valence-corrected chi connectivity index (χ2v) is 11.0. The van der Waals surface area contributed by atoms with Gasteiger partial charge in [0.2, 0.25) is 5.91 Å². The van der Waals surface area contributed by atoms with Crippen LogP contribution in [-0.2, 0) is 24.1 Å². The quantitative estimate of drug-likeness (QED) is 0.493. The van der Waals surface area contributed by atoms with Gasteiger partial charge in [-0.05, 0) is 54.9 Å². The number of hydrogen-bond donors (Lipinski definition) is 0. The zero-order valence-corrected chi connectivity index (χ0v) is 21.1. The standard InChI is InChI=1S/C27H33FN4OS/c1-4-18(3)25-29-26(24-21-10-5-17(2)15-22(21)34-27(24)30-25)32-13-11-31(12-14-32)23(33)16-19-6-8-20(28)9-7-19/h6-9,17-18H,4-5,10-16H2,1-3H3/t17-,18+/m0/s1. The minimum atomic E-state index is -0.275. The lowest BCUT2D eigenvalue weighted by atomic mass is 9.89. The molecule has 5 nitrogen and oxygen atoms in total. The van der Waals surface area contributed by atoms with Crippen LogP contribution in [0.3, 0.4) is 0 Å². The maximum Gasteiger partial charge on any atom is 0.227 e. The maximum atomic E-state index is 13.2. The summed E-state index contributed by atoms with van der Waals surface area (Å²) in [7, 11) is 0. The first-order valence-corrected chi connectivity index (χ1v) is 13.3. The summed E-state index contributed by atoms with van der Waals surface area (Å²) in [6, 6.07) is 6.21. The van der Waals surface area contributed by atoms with Crippen molar-refractivity contribution in [2.24, 2.45) is 5.92 Å². The van der Waals surface area contributed by atoms with Crippen LogP contribution in [0.1, 0.15) is 61.4 Å². The molecule has 0 radical (unpaired) electrons. The molecule has 1 aliphatic carbocycles. The van der Waals surface area contributed by atoms with E-state index in [9.17, 15) is 9.18 Å². The Morgan fingerprint density at radius 2 is 1.91 bits per heavy atom. The minimum Gasteiger partial charge on any atom is -0.352 e. The molecule has 0 bridgehead atoms. The van der Waals surface area contributed by atoms with Gasteiger partial charge in [-0.2, -0.15) is 0 Å². The van der Waals surface area contributed by atoms with Crippen molar-refractivity contribution in [1.82, 2.24) is 14.9 Å². The van der Waals surface area contributed by atoms with Gasteiger partial charge in [-0.25, -0.2) is 14.4 Å². The van der Waals surface area contributed by atoms with Gasteiger partial charge in [0.15, 0.2) is 0 Å². The Kier molecular flexibility index (Phi) is 6.56. The predicted molar refractivity (Wildman–Crippen MR) is 136 cm³/mol. The number of fused-ring (bicyclic) bond motifs is 3. The van der Waals surface area contributed by atoms with Gasteiger partial charge in [0.05, 0.1) is 11.8 Å². The van der Waals surface area contributed by atoms with E-state index in [1.165, 1.54) is 34.4 Å². The number of aryl methyl sites for hydroxylation is 1. The largest absolute Gasteiger partial charge is 0.352 e. The van der Waals surface area contributed by atoms with Gasteiger partial charge in [0.1, 0.15) is 22.3 Å². The molecule has 180 valence electrons. The molecule has 7 heteroatoms. The first kappa shape index (κ1) is 23.2. The van der Waals surface area contributed by atoms with E-state index in [-0.39, 0.29) is 11.7 Å². The van der Waals surface area contributed by atoms with Crippen molar-refractivity contribution >= 4 is 33.3 Å². The molecule has 0 saturated carbocycles. The highest BCUT2D eigenvalue weighted by Gasteiger charge is 2.29. The van der Waals surface area contributed by atoms with Crippen LogP contribution >= 0.6 is 11.3 Å². The number of carbonyl (C=O) groups excluding carboxylic acids is 1. The highest BCUT2D eigenvalue weighted by atomic mass is 32.1. The van der Waals surface area contributed by atoms with E-state index in [1.807, 2.05) is 16.2 Å². The SMILES string of the molecule is CC[C@@H](C)c1nc(N2CCN(C(=O)Cc3ccc(F)cc3)CC2)c2c3c(sc2n1)C[C@@H](C)CC3. The van der Waals surface area contributed by atoms with Crippen LogP contribution in [0.5, 0.6) is 0 Å². The molecule has 0 N–H and O–H groups in total. The van der Waals surface area contributed by atoms with Gasteiger partial charge in [-0.1, -0.05) is 32.9 Å². The van der Waals surface area contributed by atoms with Crippen molar-refractivity contribution in [3.63, 3.8) is 0 Å². The van der Waals surface area contributed by atoms with E-state index in [0.717, 1.165) is 60.3 Å². The third-order valence-corrected chi connectivity index (χ3v) is 8.56. The number of amides is 1.